The van der Waals surface area contributed by atoms with Crippen LogP contribution in [0.1, 0.15) is 64.5 Å². The van der Waals surface area contributed by atoms with Gasteiger partial charge in [-0.2, -0.15) is 4.31 Å². The lowest BCUT2D eigenvalue weighted by atomic mass is 9.92. The van der Waals surface area contributed by atoms with Gasteiger partial charge in [0.25, 0.3) is 0 Å². The summed E-state index contributed by atoms with van der Waals surface area (Å²) in [6, 6.07) is 5.94. The molecule has 28 heavy (non-hydrogen) atoms. The van der Waals surface area contributed by atoms with Gasteiger partial charge >= 0.3 is 0 Å². The second-order valence-corrected chi connectivity index (χ2v) is 10.7. The lowest BCUT2D eigenvalue weighted by Crippen LogP contribution is -2.48. The Morgan fingerprint density at radius 1 is 1.00 bits per heavy atom. The summed E-state index contributed by atoms with van der Waals surface area (Å²) in [6.07, 6.45) is 5.52. The number of rotatable bonds is 5. The van der Waals surface area contributed by atoms with E-state index in [2.05, 4.69) is 0 Å². The molecule has 1 aliphatic carbocycles. The Morgan fingerprint density at radius 3 is 2.14 bits per heavy atom. The molecule has 1 saturated heterocycles. The maximum Gasteiger partial charge on any atom is 0.243 e. The zero-order valence-electron chi connectivity index (χ0n) is 17.6. The molecule has 0 bridgehead atoms. The van der Waals surface area contributed by atoms with Gasteiger partial charge in [0.05, 0.1) is 4.90 Å². The molecular formula is C22H34N2O3S. The van der Waals surface area contributed by atoms with Crippen LogP contribution in [-0.4, -0.2) is 48.7 Å². The topological polar surface area (TPSA) is 57.7 Å². The van der Waals surface area contributed by atoms with E-state index in [4.69, 9.17) is 0 Å². The minimum atomic E-state index is -3.49. The highest BCUT2D eigenvalue weighted by Crippen LogP contribution is 2.29. The molecule has 156 valence electrons. The normalized spacial score (nSPS) is 19.1. The van der Waals surface area contributed by atoms with Crippen LogP contribution >= 0.6 is 0 Å². The number of fused-ring (bicyclic) bond motifs is 1. The fourth-order valence-corrected chi connectivity index (χ4v) is 6.20. The molecular weight excluding hydrogens is 372 g/mol. The predicted molar refractivity (Wildman–Crippen MR) is 112 cm³/mol. The Kier molecular flexibility index (Phi) is 6.50. The van der Waals surface area contributed by atoms with Crippen LogP contribution in [0, 0.1) is 5.92 Å². The van der Waals surface area contributed by atoms with Gasteiger partial charge in [-0.05, 0) is 89.5 Å². The van der Waals surface area contributed by atoms with Gasteiger partial charge in [-0.1, -0.05) is 6.07 Å². The molecule has 1 aliphatic heterocycles. The Bertz CT molecular complexity index is 801. The van der Waals surface area contributed by atoms with Crippen molar-refractivity contribution in [2.45, 2.75) is 83.2 Å². The van der Waals surface area contributed by atoms with Crippen LogP contribution in [0.15, 0.2) is 23.1 Å². The van der Waals surface area contributed by atoms with E-state index in [1.807, 2.05) is 44.7 Å². The summed E-state index contributed by atoms with van der Waals surface area (Å²) in [4.78, 5) is 15.3. The number of hydrogen-bond acceptors (Lipinski definition) is 3. The van der Waals surface area contributed by atoms with Crippen molar-refractivity contribution >= 4 is 15.9 Å². The molecule has 0 unspecified atom stereocenters. The standard InChI is InChI=1S/C22H34N2O3S/c1-16(2)24(17(3)4)22(25)19-11-13-23(14-12-19)28(26,27)21-10-9-18-7-5-6-8-20(18)15-21/h9-10,15-17,19H,5-8,11-14H2,1-4H3. The lowest BCUT2D eigenvalue weighted by Gasteiger charge is -2.37. The number of aryl methyl sites for hydroxylation is 2. The van der Waals surface area contributed by atoms with Crippen molar-refractivity contribution in [3.63, 3.8) is 0 Å². The third-order valence-corrected chi connectivity index (χ3v) is 8.02. The van der Waals surface area contributed by atoms with Crippen molar-refractivity contribution in [3.8, 4) is 0 Å². The quantitative estimate of drug-likeness (QED) is 0.750. The van der Waals surface area contributed by atoms with Crippen LogP contribution in [0.4, 0.5) is 0 Å². The number of nitrogens with zero attached hydrogens (tertiary/aromatic N) is 2. The molecule has 0 radical (unpaired) electrons. The molecule has 0 spiro atoms. The van der Waals surface area contributed by atoms with Crippen LogP contribution < -0.4 is 0 Å². The molecule has 3 rings (SSSR count). The number of sulfonamides is 1. The maximum atomic E-state index is 13.1. The largest absolute Gasteiger partial charge is 0.338 e. The molecule has 1 fully saturated rings. The average Bonchev–Trinajstić information content (AvgIpc) is 2.67. The van der Waals surface area contributed by atoms with Crippen molar-refractivity contribution in [1.29, 1.82) is 0 Å². The first-order chi connectivity index (χ1) is 13.2. The molecule has 5 nitrogen and oxygen atoms in total. The molecule has 0 saturated carbocycles. The van der Waals surface area contributed by atoms with Crippen molar-refractivity contribution in [2.75, 3.05) is 13.1 Å². The number of carbonyl (C=O) groups excluding carboxylic acids is 1. The molecule has 0 aromatic heterocycles. The molecule has 0 atom stereocenters. The summed E-state index contributed by atoms with van der Waals surface area (Å²) < 4.78 is 27.8. The van der Waals surface area contributed by atoms with Gasteiger partial charge in [-0.25, -0.2) is 8.42 Å². The van der Waals surface area contributed by atoms with Gasteiger partial charge in [0, 0.05) is 31.1 Å². The zero-order valence-corrected chi connectivity index (χ0v) is 18.5. The first-order valence-electron chi connectivity index (χ1n) is 10.7. The third kappa shape index (κ3) is 4.28. The predicted octanol–water partition coefficient (Wildman–Crippen LogP) is 3.61. The van der Waals surface area contributed by atoms with E-state index in [0.717, 1.165) is 19.3 Å². The van der Waals surface area contributed by atoms with E-state index < -0.39 is 10.0 Å². The van der Waals surface area contributed by atoms with Gasteiger partial charge in [0.15, 0.2) is 0 Å². The summed E-state index contributed by atoms with van der Waals surface area (Å²) in [5.41, 5.74) is 2.47. The number of benzene rings is 1. The SMILES string of the molecule is CC(C)N(C(=O)C1CCN(S(=O)(=O)c2ccc3c(c2)CCCC3)CC1)C(C)C. The van der Waals surface area contributed by atoms with Crippen LogP contribution in [0.2, 0.25) is 0 Å². The number of amides is 1. The average molecular weight is 407 g/mol. The van der Waals surface area contributed by atoms with Gasteiger partial charge in [-0.3, -0.25) is 4.79 Å². The smallest absolute Gasteiger partial charge is 0.243 e. The summed E-state index contributed by atoms with van der Waals surface area (Å²) in [6.45, 7) is 8.97. The van der Waals surface area contributed by atoms with Crippen LogP contribution in [0.5, 0.6) is 0 Å². The van der Waals surface area contributed by atoms with E-state index in [-0.39, 0.29) is 23.9 Å². The monoisotopic (exact) mass is 406 g/mol. The van der Waals surface area contributed by atoms with Crippen LogP contribution in [-0.2, 0) is 27.7 Å². The Morgan fingerprint density at radius 2 is 1.57 bits per heavy atom. The van der Waals surface area contributed by atoms with E-state index >= 15 is 0 Å². The maximum absolute atomic E-state index is 13.1. The second-order valence-electron chi connectivity index (χ2n) is 8.75. The highest BCUT2D eigenvalue weighted by atomic mass is 32.2. The molecule has 1 aromatic rings. The molecule has 1 heterocycles. The fourth-order valence-electron chi connectivity index (χ4n) is 4.68. The Balaban J connectivity index is 1.69. The first-order valence-corrected chi connectivity index (χ1v) is 12.1. The number of carbonyl (C=O) groups is 1. The highest BCUT2D eigenvalue weighted by Gasteiger charge is 2.35. The van der Waals surface area contributed by atoms with Crippen LogP contribution in [0.25, 0.3) is 0 Å². The van der Waals surface area contributed by atoms with Gasteiger partial charge in [0.1, 0.15) is 0 Å². The first kappa shape index (κ1) is 21.3. The van der Waals surface area contributed by atoms with Crippen molar-refractivity contribution < 1.29 is 13.2 Å². The second kappa shape index (κ2) is 8.54. The fraction of sp³-hybridized carbons (Fsp3) is 0.682. The summed E-state index contributed by atoms with van der Waals surface area (Å²) in [7, 11) is -3.49. The summed E-state index contributed by atoms with van der Waals surface area (Å²) in [5, 5.41) is 0. The Labute approximate surface area is 170 Å². The third-order valence-electron chi connectivity index (χ3n) is 6.13. The zero-order chi connectivity index (χ0) is 20.5. The Hall–Kier alpha value is -1.40. The van der Waals surface area contributed by atoms with E-state index in [1.54, 1.807) is 10.4 Å². The molecule has 1 amide bonds. The van der Waals surface area contributed by atoms with Crippen molar-refractivity contribution in [2.24, 2.45) is 5.92 Å². The number of hydrogen-bond donors (Lipinski definition) is 0. The number of piperidine rings is 1. The summed E-state index contributed by atoms with van der Waals surface area (Å²) in [5.74, 6) is 0.0793. The highest BCUT2D eigenvalue weighted by molar-refractivity contribution is 7.89. The van der Waals surface area contributed by atoms with Gasteiger partial charge in [0.2, 0.25) is 15.9 Å². The van der Waals surface area contributed by atoms with Crippen molar-refractivity contribution in [3.05, 3.63) is 29.3 Å². The molecule has 0 N–H and O–H groups in total. The summed E-state index contributed by atoms with van der Waals surface area (Å²) >= 11 is 0. The van der Waals surface area contributed by atoms with E-state index in [9.17, 15) is 13.2 Å². The lowest BCUT2D eigenvalue weighted by molar-refractivity contribution is -0.140. The minimum absolute atomic E-state index is 0.0835. The molecule has 6 heteroatoms. The van der Waals surface area contributed by atoms with Gasteiger partial charge in [-0.15, -0.1) is 0 Å². The van der Waals surface area contributed by atoms with Gasteiger partial charge < -0.3 is 4.90 Å². The van der Waals surface area contributed by atoms with Crippen molar-refractivity contribution in [1.82, 2.24) is 9.21 Å². The molecule has 2 aliphatic rings. The van der Waals surface area contributed by atoms with Crippen LogP contribution in [0.3, 0.4) is 0 Å². The van der Waals surface area contributed by atoms with E-state index in [1.165, 1.54) is 17.5 Å². The minimum Gasteiger partial charge on any atom is -0.338 e. The van der Waals surface area contributed by atoms with E-state index in [0.29, 0.717) is 30.8 Å². The molecule has 1 aromatic carbocycles.